The van der Waals surface area contributed by atoms with Gasteiger partial charge in [0.25, 0.3) is 5.91 Å². The molecular formula is C22H25Cl2N7O. The number of hydrogen-bond donors (Lipinski definition) is 4. The number of aromatic nitrogens is 2. The quantitative estimate of drug-likeness (QED) is 0.445. The SMILES string of the molecule is CNC(=O)c1ccccc1Nc1nc(Nc2ccc3c(c2)N(C)CCNC3)ncc1Cl.Cl. The molecule has 0 saturated carbocycles. The van der Waals surface area contributed by atoms with E-state index in [2.05, 4.69) is 55.3 Å². The summed E-state index contributed by atoms with van der Waals surface area (Å²) in [6.45, 7) is 2.73. The number of likely N-dealkylation sites (N-methyl/N-ethyl adjacent to an activating group) is 1. The Labute approximate surface area is 198 Å². The number of fused-ring (bicyclic) bond motifs is 1. The zero-order valence-corrected chi connectivity index (χ0v) is 19.3. The van der Waals surface area contributed by atoms with E-state index in [1.165, 1.54) is 17.4 Å². The third-order valence-electron chi connectivity index (χ3n) is 5.09. The first-order valence-electron chi connectivity index (χ1n) is 9.97. The minimum absolute atomic E-state index is 0. The molecule has 8 nitrogen and oxygen atoms in total. The van der Waals surface area contributed by atoms with Crippen LogP contribution in [0.3, 0.4) is 0 Å². The van der Waals surface area contributed by atoms with Gasteiger partial charge in [-0.05, 0) is 29.8 Å². The van der Waals surface area contributed by atoms with Gasteiger partial charge < -0.3 is 26.2 Å². The van der Waals surface area contributed by atoms with Crippen molar-refractivity contribution >= 4 is 58.7 Å². The van der Waals surface area contributed by atoms with E-state index in [4.69, 9.17) is 11.6 Å². The van der Waals surface area contributed by atoms with Crippen molar-refractivity contribution in [3.63, 3.8) is 0 Å². The lowest BCUT2D eigenvalue weighted by molar-refractivity contribution is 0.0964. The molecule has 4 rings (SSSR count). The summed E-state index contributed by atoms with van der Waals surface area (Å²) in [6, 6.07) is 13.4. The average molecular weight is 474 g/mol. The highest BCUT2D eigenvalue weighted by Crippen LogP contribution is 2.29. The van der Waals surface area contributed by atoms with Gasteiger partial charge in [0.05, 0.1) is 17.4 Å². The number of rotatable bonds is 5. The summed E-state index contributed by atoms with van der Waals surface area (Å²) < 4.78 is 0. The summed E-state index contributed by atoms with van der Waals surface area (Å²) in [4.78, 5) is 23.2. The van der Waals surface area contributed by atoms with Gasteiger partial charge in [-0.25, -0.2) is 4.98 Å². The summed E-state index contributed by atoms with van der Waals surface area (Å²) in [7, 11) is 3.67. The lowest BCUT2D eigenvalue weighted by atomic mass is 10.1. The number of carbonyl (C=O) groups excluding carboxylic acids is 1. The van der Waals surface area contributed by atoms with E-state index >= 15 is 0 Å². The standard InChI is InChI=1S/C22H24ClN7O.ClH/c1-24-21(31)16-5-3-4-6-18(16)28-20-17(23)13-26-22(29-20)27-15-8-7-14-12-25-9-10-30(2)19(14)11-15;/h3-8,11,13,25H,9-10,12H2,1-2H3,(H,24,31)(H2,26,27,28,29);1H. The number of anilines is 5. The number of amides is 1. The number of nitrogens with one attached hydrogen (secondary N) is 4. The molecule has 0 unspecified atom stereocenters. The zero-order valence-electron chi connectivity index (χ0n) is 17.8. The van der Waals surface area contributed by atoms with E-state index in [9.17, 15) is 4.79 Å². The third-order valence-corrected chi connectivity index (χ3v) is 5.36. The molecule has 0 fully saturated rings. The highest BCUT2D eigenvalue weighted by molar-refractivity contribution is 6.33. The molecule has 0 radical (unpaired) electrons. The Hall–Kier alpha value is -3.07. The van der Waals surface area contributed by atoms with Gasteiger partial charge in [-0.3, -0.25) is 4.79 Å². The van der Waals surface area contributed by atoms with Crippen molar-refractivity contribution in [1.82, 2.24) is 20.6 Å². The maximum absolute atomic E-state index is 12.1. The maximum Gasteiger partial charge on any atom is 0.253 e. The van der Waals surface area contributed by atoms with E-state index in [0.717, 1.165) is 25.3 Å². The number of hydrogen-bond acceptors (Lipinski definition) is 7. The molecule has 0 saturated heterocycles. The smallest absolute Gasteiger partial charge is 0.253 e. The van der Waals surface area contributed by atoms with Gasteiger partial charge in [-0.1, -0.05) is 29.8 Å². The Bertz CT molecular complexity index is 1110. The fraction of sp³-hybridized carbons (Fsp3) is 0.227. The van der Waals surface area contributed by atoms with Crippen molar-refractivity contribution in [2.75, 3.05) is 42.7 Å². The molecule has 10 heteroatoms. The molecule has 2 aromatic carbocycles. The van der Waals surface area contributed by atoms with E-state index in [-0.39, 0.29) is 18.3 Å². The van der Waals surface area contributed by atoms with Gasteiger partial charge in [-0.2, -0.15) is 4.98 Å². The van der Waals surface area contributed by atoms with E-state index in [0.29, 0.717) is 28.0 Å². The first-order chi connectivity index (χ1) is 15.0. The summed E-state index contributed by atoms with van der Waals surface area (Å²) in [6.07, 6.45) is 1.53. The minimum atomic E-state index is -0.199. The van der Waals surface area contributed by atoms with Crippen molar-refractivity contribution < 1.29 is 4.79 Å². The van der Waals surface area contributed by atoms with Crippen LogP contribution in [0.25, 0.3) is 0 Å². The Kier molecular flexibility index (Phi) is 7.74. The molecule has 32 heavy (non-hydrogen) atoms. The topological polar surface area (TPSA) is 94.2 Å². The van der Waals surface area contributed by atoms with Gasteiger partial charge in [-0.15, -0.1) is 12.4 Å². The van der Waals surface area contributed by atoms with Crippen LogP contribution in [0.15, 0.2) is 48.7 Å². The predicted molar refractivity (Wildman–Crippen MR) is 132 cm³/mol. The monoisotopic (exact) mass is 473 g/mol. The lowest BCUT2D eigenvalue weighted by Gasteiger charge is -2.20. The van der Waals surface area contributed by atoms with Crippen LogP contribution in [0, 0.1) is 0 Å². The molecule has 0 aliphatic carbocycles. The normalized spacial score (nSPS) is 12.8. The highest BCUT2D eigenvalue weighted by Gasteiger charge is 2.14. The van der Waals surface area contributed by atoms with Crippen molar-refractivity contribution in [2.45, 2.75) is 6.54 Å². The van der Waals surface area contributed by atoms with Crippen LogP contribution in [0.5, 0.6) is 0 Å². The van der Waals surface area contributed by atoms with Crippen LogP contribution in [-0.2, 0) is 6.54 Å². The predicted octanol–water partition coefficient (Wildman–Crippen LogP) is 3.94. The zero-order chi connectivity index (χ0) is 21.8. The van der Waals surface area contributed by atoms with Crippen molar-refractivity contribution in [3.05, 3.63) is 64.8 Å². The molecule has 0 spiro atoms. The first-order valence-corrected chi connectivity index (χ1v) is 10.4. The van der Waals surface area contributed by atoms with Gasteiger partial charge in [0.15, 0.2) is 5.82 Å². The number of nitrogens with zero attached hydrogens (tertiary/aromatic N) is 3. The molecular weight excluding hydrogens is 449 g/mol. The Morgan fingerprint density at radius 1 is 1.19 bits per heavy atom. The van der Waals surface area contributed by atoms with Crippen molar-refractivity contribution in [1.29, 1.82) is 0 Å². The van der Waals surface area contributed by atoms with Crippen LogP contribution in [0.2, 0.25) is 5.02 Å². The second-order valence-corrected chi connectivity index (χ2v) is 7.61. The van der Waals surface area contributed by atoms with Crippen LogP contribution >= 0.6 is 24.0 Å². The molecule has 1 aliphatic rings. The van der Waals surface area contributed by atoms with Gasteiger partial charge in [0.2, 0.25) is 5.95 Å². The van der Waals surface area contributed by atoms with Crippen LogP contribution in [-0.4, -0.2) is 43.1 Å². The molecule has 1 aliphatic heterocycles. The van der Waals surface area contributed by atoms with Crippen LogP contribution < -0.4 is 26.2 Å². The highest BCUT2D eigenvalue weighted by atomic mass is 35.5. The van der Waals surface area contributed by atoms with E-state index in [1.54, 1.807) is 25.2 Å². The van der Waals surface area contributed by atoms with E-state index < -0.39 is 0 Å². The Morgan fingerprint density at radius 2 is 2.00 bits per heavy atom. The van der Waals surface area contributed by atoms with Crippen LogP contribution in [0.4, 0.5) is 28.8 Å². The maximum atomic E-state index is 12.1. The molecule has 1 aromatic heterocycles. The average Bonchev–Trinajstić information content (AvgIpc) is 2.97. The molecule has 168 valence electrons. The van der Waals surface area contributed by atoms with Crippen molar-refractivity contribution in [3.8, 4) is 0 Å². The summed E-state index contributed by atoms with van der Waals surface area (Å²) in [5.74, 6) is 0.612. The Morgan fingerprint density at radius 3 is 2.81 bits per heavy atom. The fourth-order valence-corrected chi connectivity index (χ4v) is 3.57. The second-order valence-electron chi connectivity index (χ2n) is 7.21. The summed E-state index contributed by atoms with van der Waals surface area (Å²) >= 11 is 6.32. The molecule has 0 bridgehead atoms. The number of benzene rings is 2. The minimum Gasteiger partial charge on any atom is -0.373 e. The van der Waals surface area contributed by atoms with Crippen molar-refractivity contribution in [2.24, 2.45) is 0 Å². The number of carbonyl (C=O) groups is 1. The summed E-state index contributed by atoms with van der Waals surface area (Å²) in [5, 5.41) is 12.8. The molecule has 2 heterocycles. The van der Waals surface area contributed by atoms with Crippen LogP contribution in [0.1, 0.15) is 15.9 Å². The van der Waals surface area contributed by atoms with Gasteiger partial charge in [0, 0.05) is 45.1 Å². The van der Waals surface area contributed by atoms with Gasteiger partial charge >= 0.3 is 0 Å². The lowest BCUT2D eigenvalue weighted by Crippen LogP contribution is -2.24. The van der Waals surface area contributed by atoms with Gasteiger partial charge in [0.1, 0.15) is 5.02 Å². The molecule has 1 amide bonds. The second kappa shape index (κ2) is 10.5. The number of para-hydroxylation sites is 1. The molecule has 4 N–H and O–H groups in total. The largest absolute Gasteiger partial charge is 0.373 e. The first kappa shape index (κ1) is 23.6. The molecule has 0 atom stereocenters. The fourth-order valence-electron chi connectivity index (χ4n) is 3.43. The number of halogens is 2. The molecule has 3 aromatic rings. The van der Waals surface area contributed by atoms with E-state index in [1.807, 2.05) is 12.1 Å². The summed E-state index contributed by atoms with van der Waals surface area (Å²) in [5.41, 5.74) is 4.40. The third kappa shape index (κ3) is 5.21. The Balaban J connectivity index is 0.00000289.